The predicted molar refractivity (Wildman–Crippen MR) is 105 cm³/mol. The fourth-order valence-electron chi connectivity index (χ4n) is 2.88. The van der Waals surface area contributed by atoms with Gasteiger partial charge in [-0.25, -0.2) is 18.4 Å². The SMILES string of the molecule is Cc1cnc(-c2cccc(Cn3nc(-c4cc(F)cc(F)c4)ccc3=O)c2)s1. The van der Waals surface area contributed by atoms with Crippen LogP contribution in [0.5, 0.6) is 0 Å². The minimum absolute atomic E-state index is 0.239. The van der Waals surface area contributed by atoms with Gasteiger partial charge < -0.3 is 0 Å². The summed E-state index contributed by atoms with van der Waals surface area (Å²) < 4.78 is 28.3. The minimum atomic E-state index is -0.694. The largest absolute Gasteiger partial charge is 0.268 e. The Hall–Kier alpha value is -3.19. The number of thiazole rings is 1. The van der Waals surface area contributed by atoms with Gasteiger partial charge in [0.1, 0.15) is 16.6 Å². The van der Waals surface area contributed by atoms with Crippen molar-refractivity contribution in [3.05, 3.63) is 93.2 Å². The molecule has 4 nitrogen and oxygen atoms in total. The molecule has 28 heavy (non-hydrogen) atoms. The summed E-state index contributed by atoms with van der Waals surface area (Å²) in [4.78, 5) is 17.7. The van der Waals surface area contributed by atoms with Gasteiger partial charge in [-0.3, -0.25) is 4.79 Å². The van der Waals surface area contributed by atoms with E-state index in [-0.39, 0.29) is 17.7 Å². The molecule has 0 atom stereocenters. The van der Waals surface area contributed by atoms with Crippen LogP contribution < -0.4 is 5.56 Å². The molecular weight excluding hydrogens is 380 g/mol. The summed E-state index contributed by atoms with van der Waals surface area (Å²) in [5, 5.41) is 5.19. The van der Waals surface area contributed by atoms with Gasteiger partial charge >= 0.3 is 0 Å². The van der Waals surface area contributed by atoms with Gasteiger partial charge in [-0.1, -0.05) is 18.2 Å². The minimum Gasteiger partial charge on any atom is -0.268 e. The first-order chi connectivity index (χ1) is 13.5. The zero-order valence-electron chi connectivity index (χ0n) is 14.9. The van der Waals surface area contributed by atoms with Crippen molar-refractivity contribution < 1.29 is 8.78 Å². The van der Waals surface area contributed by atoms with Gasteiger partial charge in [-0.15, -0.1) is 11.3 Å². The van der Waals surface area contributed by atoms with Gasteiger partial charge in [-0.05, 0) is 36.8 Å². The summed E-state index contributed by atoms with van der Waals surface area (Å²) in [7, 11) is 0. The lowest BCUT2D eigenvalue weighted by atomic mass is 10.1. The van der Waals surface area contributed by atoms with Crippen LogP contribution in [-0.2, 0) is 6.54 Å². The Labute approximate surface area is 163 Å². The van der Waals surface area contributed by atoms with Crippen LogP contribution in [0.1, 0.15) is 10.4 Å². The third-order valence-electron chi connectivity index (χ3n) is 4.15. The Bertz CT molecular complexity index is 1200. The molecule has 2 heterocycles. The van der Waals surface area contributed by atoms with Crippen molar-refractivity contribution in [2.45, 2.75) is 13.5 Å². The van der Waals surface area contributed by atoms with Crippen LogP contribution in [0.3, 0.4) is 0 Å². The van der Waals surface area contributed by atoms with Crippen molar-refractivity contribution in [2.75, 3.05) is 0 Å². The quantitative estimate of drug-likeness (QED) is 0.505. The number of halogens is 2. The third-order valence-corrected chi connectivity index (χ3v) is 5.11. The van der Waals surface area contributed by atoms with E-state index < -0.39 is 11.6 Å². The molecule has 0 radical (unpaired) electrons. The van der Waals surface area contributed by atoms with E-state index in [9.17, 15) is 13.6 Å². The van der Waals surface area contributed by atoms with E-state index in [1.807, 2.05) is 37.4 Å². The molecule has 0 aliphatic heterocycles. The molecule has 0 amide bonds. The maximum absolute atomic E-state index is 13.5. The smallest absolute Gasteiger partial charge is 0.267 e. The highest BCUT2D eigenvalue weighted by Crippen LogP contribution is 2.25. The summed E-state index contributed by atoms with van der Waals surface area (Å²) in [6.45, 7) is 2.23. The van der Waals surface area contributed by atoms with E-state index >= 15 is 0 Å². The van der Waals surface area contributed by atoms with Crippen LogP contribution in [0.25, 0.3) is 21.8 Å². The predicted octanol–water partition coefficient (Wildman–Crippen LogP) is 4.67. The summed E-state index contributed by atoms with van der Waals surface area (Å²) in [6, 6.07) is 13.7. The molecule has 140 valence electrons. The maximum Gasteiger partial charge on any atom is 0.267 e. The normalized spacial score (nSPS) is 11.0. The second kappa shape index (κ2) is 7.44. The highest BCUT2D eigenvalue weighted by molar-refractivity contribution is 7.14. The fourth-order valence-corrected chi connectivity index (χ4v) is 3.64. The maximum atomic E-state index is 13.5. The van der Waals surface area contributed by atoms with Gasteiger partial charge in [0, 0.05) is 34.3 Å². The molecule has 4 aromatic rings. The molecule has 0 saturated heterocycles. The van der Waals surface area contributed by atoms with Crippen LogP contribution >= 0.6 is 11.3 Å². The van der Waals surface area contributed by atoms with Gasteiger partial charge in [0.25, 0.3) is 5.56 Å². The van der Waals surface area contributed by atoms with Crippen molar-refractivity contribution in [2.24, 2.45) is 0 Å². The fraction of sp³-hybridized carbons (Fsp3) is 0.0952. The monoisotopic (exact) mass is 395 g/mol. The second-order valence-electron chi connectivity index (χ2n) is 6.35. The Kier molecular flexibility index (Phi) is 4.83. The molecular formula is C21H15F2N3OS. The number of benzene rings is 2. The van der Waals surface area contributed by atoms with E-state index in [2.05, 4.69) is 10.1 Å². The molecule has 0 aliphatic carbocycles. The van der Waals surface area contributed by atoms with Gasteiger partial charge in [0.2, 0.25) is 0 Å². The van der Waals surface area contributed by atoms with Crippen LogP contribution in [-0.4, -0.2) is 14.8 Å². The lowest BCUT2D eigenvalue weighted by molar-refractivity contribution is 0.583. The van der Waals surface area contributed by atoms with E-state index in [1.54, 1.807) is 11.3 Å². The van der Waals surface area contributed by atoms with E-state index in [4.69, 9.17) is 0 Å². The van der Waals surface area contributed by atoms with Crippen molar-refractivity contribution in [1.29, 1.82) is 0 Å². The second-order valence-corrected chi connectivity index (χ2v) is 7.58. The van der Waals surface area contributed by atoms with Crippen LogP contribution in [0.4, 0.5) is 8.78 Å². The van der Waals surface area contributed by atoms with Crippen molar-refractivity contribution in [3.8, 4) is 21.8 Å². The average Bonchev–Trinajstić information content (AvgIpc) is 3.09. The first-order valence-electron chi connectivity index (χ1n) is 8.54. The lowest BCUT2D eigenvalue weighted by Crippen LogP contribution is -2.22. The van der Waals surface area contributed by atoms with E-state index in [0.717, 1.165) is 27.1 Å². The Balaban J connectivity index is 1.68. The number of rotatable bonds is 4. The molecule has 2 aromatic heterocycles. The molecule has 4 rings (SSSR count). The highest BCUT2D eigenvalue weighted by atomic mass is 32.1. The van der Waals surface area contributed by atoms with E-state index in [1.165, 1.54) is 28.9 Å². The number of aryl methyl sites for hydroxylation is 1. The Morgan fingerprint density at radius 1 is 1.00 bits per heavy atom. The van der Waals surface area contributed by atoms with Gasteiger partial charge in [0.15, 0.2) is 0 Å². The number of nitrogens with zero attached hydrogens (tertiary/aromatic N) is 3. The van der Waals surface area contributed by atoms with Crippen LogP contribution in [0, 0.1) is 18.6 Å². The summed E-state index contributed by atoms with van der Waals surface area (Å²) in [5.41, 5.74) is 2.15. The molecule has 0 fully saturated rings. The molecule has 2 aromatic carbocycles. The molecule has 0 N–H and O–H groups in total. The number of aromatic nitrogens is 3. The first-order valence-corrected chi connectivity index (χ1v) is 9.36. The summed E-state index contributed by atoms with van der Waals surface area (Å²) >= 11 is 1.60. The van der Waals surface area contributed by atoms with Crippen molar-refractivity contribution in [3.63, 3.8) is 0 Å². The first kappa shape index (κ1) is 18.2. The summed E-state index contributed by atoms with van der Waals surface area (Å²) in [6.07, 6.45) is 1.82. The molecule has 7 heteroatoms. The van der Waals surface area contributed by atoms with Crippen LogP contribution in [0.15, 0.2) is 65.6 Å². The molecule has 0 spiro atoms. The summed E-state index contributed by atoms with van der Waals surface area (Å²) in [5.74, 6) is -1.39. The standard InChI is InChI=1S/C21H15F2N3OS/c1-13-11-24-21(28-13)15-4-2-3-14(7-15)12-26-20(27)6-5-19(25-26)16-8-17(22)10-18(23)9-16/h2-11H,12H2,1H3. The van der Waals surface area contributed by atoms with Gasteiger partial charge in [0.05, 0.1) is 12.2 Å². The molecule has 0 saturated carbocycles. The average molecular weight is 395 g/mol. The molecule has 0 unspecified atom stereocenters. The number of hydrogen-bond acceptors (Lipinski definition) is 4. The third kappa shape index (κ3) is 3.89. The topological polar surface area (TPSA) is 47.8 Å². The van der Waals surface area contributed by atoms with E-state index in [0.29, 0.717) is 5.69 Å². The van der Waals surface area contributed by atoms with Gasteiger partial charge in [-0.2, -0.15) is 5.10 Å². The zero-order chi connectivity index (χ0) is 19.7. The zero-order valence-corrected chi connectivity index (χ0v) is 15.7. The van der Waals surface area contributed by atoms with Crippen molar-refractivity contribution >= 4 is 11.3 Å². The lowest BCUT2D eigenvalue weighted by Gasteiger charge is -2.09. The Morgan fingerprint density at radius 2 is 1.79 bits per heavy atom. The molecule has 0 bridgehead atoms. The highest BCUT2D eigenvalue weighted by Gasteiger charge is 2.09. The van der Waals surface area contributed by atoms with Crippen molar-refractivity contribution in [1.82, 2.24) is 14.8 Å². The Morgan fingerprint density at radius 3 is 2.50 bits per heavy atom. The van der Waals surface area contributed by atoms with Crippen LogP contribution in [0.2, 0.25) is 0 Å². The number of hydrogen-bond donors (Lipinski definition) is 0. The molecule has 0 aliphatic rings.